The molecule has 1 heterocycles. The van der Waals surface area contributed by atoms with Gasteiger partial charge in [-0.15, -0.1) is 0 Å². The zero-order valence-electron chi connectivity index (χ0n) is 31.1. The first-order valence-corrected chi connectivity index (χ1v) is 19.3. The summed E-state index contributed by atoms with van der Waals surface area (Å²) in [6.07, 6.45) is 0. The molecule has 1 aromatic heterocycles. The van der Waals surface area contributed by atoms with Crippen molar-refractivity contribution in [3.05, 3.63) is 230 Å². The highest BCUT2D eigenvalue weighted by molar-refractivity contribution is 6.09. The van der Waals surface area contributed by atoms with E-state index in [0.29, 0.717) is 0 Å². The number of nitrogens with zero attached hydrogens (tertiary/aromatic N) is 2. The van der Waals surface area contributed by atoms with Crippen LogP contribution >= 0.6 is 0 Å². The molecule has 0 bridgehead atoms. The second kappa shape index (κ2) is 14.6. The van der Waals surface area contributed by atoms with E-state index in [1.807, 2.05) is 18.2 Å². The summed E-state index contributed by atoms with van der Waals surface area (Å²) in [5.74, 6) is -0.237. The van der Waals surface area contributed by atoms with Gasteiger partial charge in [0.1, 0.15) is 5.82 Å². The average molecular weight is 733 g/mol. The zero-order chi connectivity index (χ0) is 38.1. The molecule has 0 aliphatic rings. The summed E-state index contributed by atoms with van der Waals surface area (Å²) in [5.41, 5.74) is 15.7. The summed E-state index contributed by atoms with van der Waals surface area (Å²) in [5, 5.41) is 2.52. The van der Waals surface area contributed by atoms with E-state index < -0.39 is 0 Å². The first-order chi connectivity index (χ1) is 28.2. The van der Waals surface area contributed by atoms with Crippen molar-refractivity contribution in [1.29, 1.82) is 0 Å². The number of hydrogen-bond donors (Lipinski definition) is 0. The van der Waals surface area contributed by atoms with Crippen molar-refractivity contribution >= 4 is 38.9 Å². The van der Waals surface area contributed by atoms with E-state index in [-0.39, 0.29) is 5.82 Å². The smallest absolute Gasteiger partial charge is 0.123 e. The van der Waals surface area contributed by atoms with Crippen LogP contribution in [0.2, 0.25) is 0 Å². The van der Waals surface area contributed by atoms with Crippen molar-refractivity contribution in [2.75, 3.05) is 4.90 Å². The second-order valence-electron chi connectivity index (χ2n) is 14.3. The van der Waals surface area contributed by atoms with Crippen molar-refractivity contribution in [3.8, 4) is 50.2 Å². The molecule has 0 aliphatic heterocycles. The Balaban J connectivity index is 0.981. The molecule has 2 nitrogen and oxygen atoms in total. The Morgan fingerprint density at radius 2 is 0.649 bits per heavy atom. The van der Waals surface area contributed by atoms with E-state index in [1.54, 1.807) is 0 Å². The maximum atomic E-state index is 13.7. The number of aromatic nitrogens is 1. The van der Waals surface area contributed by atoms with Crippen molar-refractivity contribution in [2.45, 2.75) is 0 Å². The zero-order valence-corrected chi connectivity index (χ0v) is 31.1. The Bertz CT molecular complexity index is 2910. The Kier molecular flexibility index (Phi) is 8.74. The van der Waals surface area contributed by atoms with Crippen LogP contribution in [0.1, 0.15) is 0 Å². The van der Waals surface area contributed by atoms with Gasteiger partial charge in [0.05, 0.1) is 11.0 Å². The molecule has 0 fully saturated rings. The van der Waals surface area contributed by atoms with E-state index in [1.165, 1.54) is 50.6 Å². The SMILES string of the molecule is Fc1ccc(-c2ccc(N(c3ccc(-c4ccc(-n5c6ccccc6c6ccccc65)cc4)cc3)c3ccc(-c4cccc(-c5ccccc5)c4)cc3)cc2)cc1. The van der Waals surface area contributed by atoms with Crippen LogP contribution in [0.3, 0.4) is 0 Å². The van der Waals surface area contributed by atoms with Gasteiger partial charge < -0.3 is 9.47 Å². The van der Waals surface area contributed by atoms with Crippen LogP contribution < -0.4 is 4.90 Å². The van der Waals surface area contributed by atoms with Gasteiger partial charge in [-0.05, 0) is 123 Å². The third-order valence-corrected chi connectivity index (χ3v) is 10.9. The lowest BCUT2D eigenvalue weighted by atomic mass is 9.99. The van der Waals surface area contributed by atoms with Crippen LogP contribution in [0.4, 0.5) is 21.5 Å². The molecule has 0 unspecified atom stereocenters. The summed E-state index contributed by atoms with van der Waals surface area (Å²) in [6, 6.07) is 78.0. The van der Waals surface area contributed by atoms with Crippen LogP contribution in [-0.4, -0.2) is 4.57 Å². The Morgan fingerprint density at radius 1 is 0.298 bits per heavy atom. The molecular weight excluding hydrogens is 696 g/mol. The largest absolute Gasteiger partial charge is 0.311 e. The molecule has 0 saturated heterocycles. The lowest BCUT2D eigenvalue weighted by molar-refractivity contribution is 0.628. The fourth-order valence-corrected chi connectivity index (χ4v) is 8.01. The number of fused-ring (bicyclic) bond motifs is 3. The van der Waals surface area contributed by atoms with Crippen molar-refractivity contribution in [1.82, 2.24) is 4.57 Å². The number of halogens is 1. The van der Waals surface area contributed by atoms with E-state index >= 15 is 0 Å². The molecule has 0 amide bonds. The van der Waals surface area contributed by atoms with Gasteiger partial charge in [-0.1, -0.05) is 146 Å². The van der Waals surface area contributed by atoms with E-state index in [9.17, 15) is 4.39 Å². The maximum Gasteiger partial charge on any atom is 0.123 e. The highest BCUT2D eigenvalue weighted by Crippen LogP contribution is 2.39. The molecule has 0 N–H and O–H groups in total. The lowest BCUT2D eigenvalue weighted by Gasteiger charge is -2.26. The van der Waals surface area contributed by atoms with Crippen LogP contribution in [0.15, 0.2) is 224 Å². The van der Waals surface area contributed by atoms with Gasteiger partial charge >= 0.3 is 0 Å². The van der Waals surface area contributed by atoms with E-state index in [2.05, 4.69) is 204 Å². The summed E-state index contributed by atoms with van der Waals surface area (Å²) in [6.45, 7) is 0. The van der Waals surface area contributed by atoms with E-state index in [0.717, 1.165) is 50.6 Å². The number of para-hydroxylation sites is 2. The fraction of sp³-hybridized carbons (Fsp3) is 0. The Morgan fingerprint density at radius 3 is 1.12 bits per heavy atom. The van der Waals surface area contributed by atoms with Crippen LogP contribution in [0.25, 0.3) is 72.0 Å². The Labute approximate surface area is 332 Å². The summed E-state index contributed by atoms with van der Waals surface area (Å²) in [7, 11) is 0. The number of anilines is 3. The minimum absolute atomic E-state index is 0.237. The molecule has 10 rings (SSSR count). The van der Waals surface area contributed by atoms with Gasteiger partial charge in [-0.2, -0.15) is 0 Å². The second-order valence-corrected chi connectivity index (χ2v) is 14.3. The number of hydrogen-bond acceptors (Lipinski definition) is 1. The molecule has 0 atom stereocenters. The molecule has 10 aromatic rings. The molecule has 0 aliphatic carbocycles. The minimum Gasteiger partial charge on any atom is -0.311 e. The van der Waals surface area contributed by atoms with Gasteiger partial charge in [0.25, 0.3) is 0 Å². The summed E-state index contributed by atoms with van der Waals surface area (Å²) < 4.78 is 16.0. The standard InChI is InChI=1S/C54H37FN2/c55-46-27-17-39(18-28-46)40-19-29-47(30-20-40)56(49-33-25-43(26-34-49)45-12-8-11-44(37-45)38-9-2-1-3-10-38)48-31-21-41(22-32-48)42-23-35-50(36-24-42)57-53-15-6-4-13-51(53)52-14-5-7-16-54(52)57/h1-37H. The maximum absolute atomic E-state index is 13.7. The first kappa shape index (κ1) is 34.0. The quantitative estimate of drug-likeness (QED) is 0.151. The molecule has 9 aromatic carbocycles. The van der Waals surface area contributed by atoms with Gasteiger partial charge in [-0.3, -0.25) is 0 Å². The summed E-state index contributed by atoms with van der Waals surface area (Å²) >= 11 is 0. The van der Waals surface area contributed by atoms with Crippen molar-refractivity contribution < 1.29 is 4.39 Å². The highest BCUT2D eigenvalue weighted by Gasteiger charge is 2.15. The van der Waals surface area contributed by atoms with Gasteiger partial charge in [-0.25, -0.2) is 4.39 Å². The topological polar surface area (TPSA) is 8.17 Å². The minimum atomic E-state index is -0.237. The third-order valence-electron chi connectivity index (χ3n) is 10.9. The van der Waals surface area contributed by atoms with E-state index in [4.69, 9.17) is 0 Å². The molecule has 270 valence electrons. The van der Waals surface area contributed by atoms with Gasteiger partial charge in [0, 0.05) is 33.5 Å². The lowest BCUT2D eigenvalue weighted by Crippen LogP contribution is -2.09. The van der Waals surface area contributed by atoms with Crippen LogP contribution in [-0.2, 0) is 0 Å². The number of benzene rings is 9. The fourth-order valence-electron chi connectivity index (χ4n) is 8.01. The molecule has 57 heavy (non-hydrogen) atoms. The summed E-state index contributed by atoms with van der Waals surface area (Å²) in [4.78, 5) is 2.29. The van der Waals surface area contributed by atoms with Crippen molar-refractivity contribution in [3.63, 3.8) is 0 Å². The predicted octanol–water partition coefficient (Wildman–Crippen LogP) is 15.1. The van der Waals surface area contributed by atoms with Crippen LogP contribution in [0, 0.1) is 5.82 Å². The van der Waals surface area contributed by atoms with Gasteiger partial charge in [0.2, 0.25) is 0 Å². The molecule has 3 heteroatoms. The highest BCUT2D eigenvalue weighted by atomic mass is 19.1. The number of rotatable bonds is 8. The van der Waals surface area contributed by atoms with Crippen molar-refractivity contribution in [2.24, 2.45) is 0 Å². The monoisotopic (exact) mass is 732 g/mol. The van der Waals surface area contributed by atoms with Gasteiger partial charge in [0.15, 0.2) is 0 Å². The first-order valence-electron chi connectivity index (χ1n) is 19.3. The molecule has 0 spiro atoms. The Hall–Kier alpha value is -7.49. The average Bonchev–Trinajstić information content (AvgIpc) is 3.62. The molecule has 0 saturated carbocycles. The predicted molar refractivity (Wildman–Crippen MR) is 237 cm³/mol. The normalized spacial score (nSPS) is 11.2. The third kappa shape index (κ3) is 6.56. The van der Waals surface area contributed by atoms with Crippen LogP contribution in [0.5, 0.6) is 0 Å². The molecular formula is C54H37FN2. The molecule has 0 radical (unpaired) electrons.